The summed E-state index contributed by atoms with van der Waals surface area (Å²) in [4.78, 5) is 4.32. The van der Waals surface area contributed by atoms with Crippen LogP contribution in [0.15, 0.2) is 52.0 Å². The smallest absolute Gasteiger partial charge is 0.220 e. The van der Waals surface area contributed by atoms with Crippen LogP contribution in [0.3, 0.4) is 0 Å². The average Bonchev–Trinajstić information content (AvgIpc) is 2.28. The van der Waals surface area contributed by atoms with Crippen molar-refractivity contribution in [2.75, 3.05) is 6.26 Å². The van der Waals surface area contributed by atoms with Crippen LogP contribution in [0.2, 0.25) is 0 Å². The fourth-order valence-electron chi connectivity index (χ4n) is 1.34. The Labute approximate surface area is 114 Å². The maximum Gasteiger partial charge on any atom is 0.220 e. The van der Waals surface area contributed by atoms with Gasteiger partial charge in [0.25, 0.3) is 0 Å². The molecule has 18 heavy (non-hydrogen) atoms. The molecule has 0 aliphatic carbocycles. The molecule has 1 heterocycles. The van der Waals surface area contributed by atoms with Gasteiger partial charge in [0.05, 0.1) is 4.90 Å². The van der Waals surface area contributed by atoms with Gasteiger partial charge in [0, 0.05) is 12.3 Å². The van der Waals surface area contributed by atoms with E-state index in [1.807, 2.05) is 0 Å². The summed E-state index contributed by atoms with van der Waals surface area (Å²) >= 11 is 3.23. The Kier molecular flexibility index (Phi) is 3.68. The summed E-state index contributed by atoms with van der Waals surface area (Å²) in [7, 11) is -3.24. The lowest BCUT2D eigenvalue weighted by atomic mass is 10.3. The van der Waals surface area contributed by atoms with Gasteiger partial charge in [-0.2, -0.15) is 0 Å². The summed E-state index contributed by atoms with van der Waals surface area (Å²) in [6.45, 7) is 0. The van der Waals surface area contributed by atoms with Gasteiger partial charge in [-0.25, -0.2) is 13.4 Å². The number of sulfone groups is 1. The van der Waals surface area contributed by atoms with Crippen molar-refractivity contribution in [1.29, 1.82) is 0 Å². The zero-order chi connectivity index (χ0) is 13.2. The van der Waals surface area contributed by atoms with E-state index in [0.717, 1.165) is 6.26 Å². The monoisotopic (exact) mass is 327 g/mol. The van der Waals surface area contributed by atoms with E-state index >= 15 is 0 Å². The van der Waals surface area contributed by atoms with E-state index in [2.05, 4.69) is 20.9 Å². The quantitative estimate of drug-likeness (QED) is 0.813. The van der Waals surface area contributed by atoms with Crippen molar-refractivity contribution >= 4 is 25.8 Å². The van der Waals surface area contributed by atoms with E-state index in [-0.39, 0.29) is 4.90 Å². The van der Waals surface area contributed by atoms with Gasteiger partial charge < -0.3 is 4.74 Å². The Bertz CT molecular complexity index is 671. The highest BCUT2D eigenvalue weighted by atomic mass is 79.9. The van der Waals surface area contributed by atoms with Gasteiger partial charge in [-0.3, -0.25) is 0 Å². The average molecular weight is 328 g/mol. The molecule has 0 unspecified atom stereocenters. The molecule has 94 valence electrons. The van der Waals surface area contributed by atoms with Crippen molar-refractivity contribution in [3.05, 3.63) is 47.1 Å². The highest BCUT2D eigenvalue weighted by molar-refractivity contribution is 9.10. The van der Waals surface area contributed by atoms with Crippen LogP contribution in [0, 0.1) is 0 Å². The molecule has 0 fully saturated rings. The maximum absolute atomic E-state index is 11.4. The predicted molar refractivity (Wildman–Crippen MR) is 71.6 cm³/mol. The number of rotatable bonds is 3. The van der Waals surface area contributed by atoms with Crippen LogP contribution in [0.1, 0.15) is 0 Å². The number of benzene rings is 1. The van der Waals surface area contributed by atoms with Crippen molar-refractivity contribution in [2.24, 2.45) is 0 Å². The van der Waals surface area contributed by atoms with Crippen LogP contribution in [-0.4, -0.2) is 19.7 Å². The van der Waals surface area contributed by atoms with Crippen LogP contribution in [0.5, 0.6) is 11.6 Å². The van der Waals surface area contributed by atoms with Gasteiger partial charge in [0.2, 0.25) is 5.88 Å². The minimum absolute atomic E-state index is 0.218. The lowest BCUT2D eigenvalue weighted by Gasteiger charge is -2.06. The molecule has 0 aliphatic rings. The summed E-state index contributed by atoms with van der Waals surface area (Å²) in [6, 6.07) is 11.6. The standard InChI is InChI=1S/C12H10BrNO3S/c1-18(15,16)10-5-2-4-9(8-10)17-12-7-3-6-11(13)14-12/h2-8H,1H3. The Balaban J connectivity index is 2.30. The molecule has 0 aliphatic heterocycles. The Morgan fingerprint density at radius 1 is 1.17 bits per heavy atom. The molecular weight excluding hydrogens is 318 g/mol. The summed E-state index contributed by atoms with van der Waals surface area (Å²) < 4.78 is 29.0. The highest BCUT2D eigenvalue weighted by Crippen LogP contribution is 2.23. The first kappa shape index (κ1) is 13.0. The molecule has 2 rings (SSSR count). The van der Waals surface area contributed by atoms with Gasteiger partial charge in [-0.1, -0.05) is 12.1 Å². The van der Waals surface area contributed by atoms with Crippen LogP contribution < -0.4 is 4.74 Å². The van der Waals surface area contributed by atoms with E-state index in [9.17, 15) is 8.42 Å². The molecule has 0 bridgehead atoms. The molecule has 0 saturated heterocycles. The van der Waals surface area contributed by atoms with Crippen molar-refractivity contribution in [1.82, 2.24) is 4.98 Å². The number of ether oxygens (including phenoxy) is 1. The second kappa shape index (κ2) is 5.07. The largest absolute Gasteiger partial charge is 0.439 e. The molecule has 1 aromatic heterocycles. The van der Waals surface area contributed by atoms with E-state index in [1.54, 1.807) is 30.3 Å². The summed E-state index contributed by atoms with van der Waals surface area (Å²) in [5.41, 5.74) is 0. The van der Waals surface area contributed by atoms with Crippen molar-refractivity contribution < 1.29 is 13.2 Å². The van der Waals surface area contributed by atoms with E-state index in [1.165, 1.54) is 12.1 Å². The van der Waals surface area contributed by atoms with Gasteiger partial charge in [0.15, 0.2) is 9.84 Å². The molecule has 1 aromatic carbocycles. The lowest BCUT2D eigenvalue weighted by Crippen LogP contribution is -1.97. The topological polar surface area (TPSA) is 56.3 Å². The van der Waals surface area contributed by atoms with Crippen molar-refractivity contribution in [3.8, 4) is 11.6 Å². The number of pyridine rings is 1. The SMILES string of the molecule is CS(=O)(=O)c1cccc(Oc2cccc(Br)n2)c1. The summed E-state index contributed by atoms with van der Waals surface area (Å²) in [5, 5.41) is 0. The molecule has 2 aromatic rings. The zero-order valence-electron chi connectivity index (χ0n) is 9.50. The summed E-state index contributed by atoms with van der Waals surface area (Å²) in [6.07, 6.45) is 1.16. The van der Waals surface area contributed by atoms with Crippen LogP contribution >= 0.6 is 15.9 Å². The zero-order valence-corrected chi connectivity index (χ0v) is 11.9. The third kappa shape index (κ3) is 3.30. The molecular formula is C12H10BrNO3S. The minimum atomic E-state index is -3.24. The van der Waals surface area contributed by atoms with Crippen molar-refractivity contribution in [2.45, 2.75) is 4.90 Å². The first-order chi connectivity index (χ1) is 8.45. The molecule has 0 saturated carbocycles. The minimum Gasteiger partial charge on any atom is -0.439 e. The van der Waals surface area contributed by atoms with Gasteiger partial charge in [-0.05, 0) is 40.2 Å². The van der Waals surface area contributed by atoms with Crippen LogP contribution in [0.25, 0.3) is 0 Å². The lowest BCUT2D eigenvalue weighted by molar-refractivity contribution is 0.460. The second-order valence-corrected chi connectivity index (χ2v) is 6.48. The van der Waals surface area contributed by atoms with E-state index in [0.29, 0.717) is 16.2 Å². The molecule has 0 radical (unpaired) electrons. The Morgan fingerprint density at radius 2 is 1.89 bits per heavy atom. The molecule has 0 N–H and O–H groups in total. The second-order valence-electron chi connectivity index (χ2n) is 3.65. The molecule has 0 atom stereocenters. The number of hydrogen-bond acceptors (Lipinski definition) is 4. The van der Waals surface area contributed by atoms with Gasteiger partial charge in [-0.15, -0.1) is 0 Å². The fourth-order valence-corrected chi connectivity index (χ4v) is 2.32. The first-order valence-corrected chi connectivity index (χ1v) is 7.74. The molecule has 6 heteroatoms. The molecule has 0 spiro atoms. The van der Waals surface area contributed by atoms with Crippen LogP contribution in [0.4, 0.5) is 0 Å². The highest BCUT2D eigenvalue weighted by Gasteiger charge is 2.08. The molecule has 0 amide bonds. The van der Waals surface area contributed by atoms with Crippen LogP contribution in [-0.2, 0) is 9.84 Å². The predicted octanol–water partition coefficient (Wildman–Crippen LogP) is 3.04. The number of halogens is 1. The fraction of sp³-hybridized carbons (Fsp3) is 0.0833. The Morgan fingerprint density at radius 3 is 2.56 bits per heavy atom. The van der Waals surface area contributed by atoms with Crippen molar-refractivity contribution in [3.63, 3.8) is 0 Å². The first-order valence-electron chi connectivity index (χ1n) is 5.06. The van der Waals surface area contributed by atoms with E-state index < -0.39 is 9.84 Å². The number of hydrogen-bond donors (Lipinski definition) is 0. The third-order valence-electron chi connectivity index (χ3n) is 2.15. The van der Waals surface area contributed by atoms with Gasteiger partial charge >= 0.3 is 0 Å². The van der Waals surface area contributed by atoms with Gasteiger partial charge in [0.1, 0.15) is 10.4 Å². The molecule has 4 nitrogen and oxygen atoms in total. The summed E-state index contributed by atoms with van der Waals surface area (Å²) in [5.74, 6) is 0.832. The maximum atomic E-state index is 11.4. The third-order valence-corrected chi connectivity index (χ3v) is 3.70. The van der Waals surface area contributed by atoms with E-state index in [4.69, 9.17) is 4.74 Å². The number of nitrogens with zero attached hydrogens (tertiary/aromatic N) is 1. The Hall–Kier alpha value is -1.40. The normalized spacial score (nSPS) is 11.2. The number of aromatic nitrogens is 1.